The Morgan fingerprint density at radius 1 is 1.14 bits per heavy atom. The minimum absolute atomic E-state index is 0.00970. The average molecular weight is 482 g/mol. The first kappa shape index (κ1) is 20.8. The van der Waals surface area contributed by atoms with E-state index in [-0.39, 0.29) is 22.3 Å². The topological polar surface area (TPSA) is 69.6 Å². The number of carbonyl (C=O) groups is 2. The Bertz CT molecular complexity index is 912. The van der Waals surface area contributed by atoms with Gasteiger partial charge in [0, 0.05) is 34.7 Å². The lowest BCUT2D eigenvalue weighted by Crippen LogP contribution is -2.42. The SMILES string of the molecule is O=C(O)c1ccc(NC(=S)N2CCC(C(=O)c3ccc(Br)cc3)CC2)cc1Cl. The van der Waals surface area contributed by atoms with Gasteiger partial charge in [0.05, 0.1) is 10.6 Å². The molecule has 1 fully saturated rings. The minimum atomic E-state index is -1.07. The van der Waals surface area contributed by atoms with Crippen LogP contribution in [0.4, 0.5) is 5.69 Å². The largest absolute Gasteiger partial charge is 0.478 e. The van der Waals surface area contributed by atoms with Gasteiger partial charge in [0.2, 0.25) is 0 Å². The maximum absolute atomic E-state index is 12.7. The van der Waals surface area contributed by atoms with E-state index < -0.39 is 5.97 Å². The maximum atomic E-state index is 12.7. The van der Waals surface area contributed by atoms with Crippen LogP contribution in [0.25, 0.3) is 0 Å². The summed E-state index contributed by atoms with van der Waals surface area (Å²) in [6.07, 6.45) is 1.46. The van der Waals surface area contributed by atoms with Crippen molar-refractivity contribution in [1.29, 1.82) is 0 Å². The fourth-order valence-electron chi connectivity index (χ4n) is 3.16. The quantitative estimate of drug-likeness (QED) is 0.468. The Balaban J connectivity index is 1.56. The van der Waals surface area contributed by atoms with Crippen LogP contribution < -0.4 is 5.32 Å². The lowest BCUT2D eigenvalue weighted by molar-refractivity contribution is 0.0696. The number of nitrogens with one attached hydrogen (secondary N) is 1. The highest BCUT2D eigenvalue weighted by atomic mass is 79.9. The highest BCUT2D eigenvalue weighted by Gasteiger charge is 2.27. The lowest BCUT2D eigenvalue weighted by Gasteiger charge is -2.33. The van der Waals surface area contributed by atoms with Crippen molar-refractivity contribution >= 4 is 62.3 Å². The fourth-order valence-corrected chi connectivity index (χ4v) is 3.99. The van der Waals surface area contributed by atoms with Crippen molar-refractivity contribution in [1.82, 2.24) is 4.90 Å². The predicted octanol–water partition coefficient (Wildman–Crippen LogP) is 5.09. The molecule has 0 unspecified atom stereocenters. The molecule has 0 saturated carbocycles. The number of hydrogen-bond acceptors (Lipinski definition) is 3. The fraction of sp³-hybridized carbons (Fsp3) is 0.250. The average Bonchev–Trinajstić information content (AvgIpc) is 2.68. The summed E-state index contributed by atoms with van der Waals surface area (Å²) >= 11 is 14.8. The number of Topliss-reactive ketones (excluding diaryl/α,β-unsaturated/α-hetero) is 1. The summed E-state index contributed by atoms with van der Waals surface area (Å²) in [5.41, 5.74) is 1.41. The van der Waals surface area contributed by atoms with Crippen molar-refractivity contribution in [3.05, 3.63) is 63.1 Å². The Labute approximate surface area is 181 Å². The molecule has 0 atom stereocenters. The molecular formula is C20H18BrClN2O3S. The van der Waals surface area contributed by atoms with E-state index in [2.05, 4.69) is 21.2 Å². The first-order chi connectivity index (χ1) is 13.3. The second-order valence-electron chi connectivity index (χ2n) is 6.56. The number of benzene rings is 2. The standard InChI is InChI=1S/C20H18BrClN2O3S/c21-14-3-1-12(2-4-14)18(25)13-7-9-24(10-8-13)20(28)23-15-5-6-16(19(26)27)17(22)11-15/h1-6,11,13H,7-10H2,(H,23,28)(H,26,27). The first-order valence-electron chi connectivity index (χ1n) is 8.73. The molecule has 1 saturated heterocycles. The van der Waals surface area contributed by atoms with Gasteiger partial charge in [-0.15, -0.1) is 0 Å². The smallest absolute Gasteiger partial charge is 0.337 e. The van der Waals surface area contributed by atoms with Crippen LogP contribution in [0, 0.1) is 5.92 Å². The summed E-state index contributed by atoms with van der Waals surface area (Å²) in [5, 5.41) is 12.8. The highest BCUT2D eigenvalue weighted by molar-refractivity contribution is 9.10. The van der Waals surface area contributed by atoms with Crippen LogP contribution in [0.2, 0.25) is 5.02 Å². The summed E-state index contributed by atoms with van der Waals surface area (Å²) in [6, 6.07) is 12.1. The Morgan fingerprint density at radius 2 is 1.79 bits per heavy atom. The van der Waals surface area contributed by atoms with Crippen LogP contribution in [0.1, 0.15) is 33.6 Å². The zero-order valence-corrected chi connectivity index (χ0v) is 18.0. The number of likely N-dealkylation sites (tertiary alicyclic amines) is 1. The van der Waals surface area contributed by atoms with Crippen molar-refractivity contribution in [3.63, 3.8) is 0 Å². The number of hydrogen-bond donors (Lipinski definition) is 2. The molecule has 3 rings (SSSR count). The molecule has 5 nitrogen and oxygen atoms in total. The molecule has 1 heterocycles. The van der Waals surface area contributed by atoms with Gasteiger partial charge >= 0.3 is 5.97 Å². The molecule has 28 heavy (non-hydrogen) atoms. The van der Waals surface area contributed by atoms with Crippen molar-refractivity contribution < 1.29 is 14.7 Å². The number of nitrogens with zero attached hydrogens (tertiary/aromatic N) is 1. The number of ketones is 1. The summed E-state index contributed by atoms with van der Waals surface area (Å²) in [5.74, 6) is -0.914. The van der Waals surface area contributed by atoms with E-state index in [0.29, 0.717) is 23.9 Å². The number of anilines is 1. The summed E-state index contributed by atoms with van der Waals surface area (Å²) < 4.78 is 0.951. The predicted molar refractivity (Wildman–Crippen MR) is 117 cm³/mol. The van der Waals surface area contributed by atoms with Gasteiger partial charge in [-0.05, 0) is 55.4 Å². The number of piperidine rings is 1. The van der Waals surface area contributed by atoms with Crippen molar-refractivity contribution in [2.75, 3.05) is 18.4 Å². The molecule has 2 aromatic rings. The number of thiocarbonyl (C=S) groups is 1. The van der Waals surface area contributed by atoms with E-state index in [1.54, 1.807) is 12.1 Å². The summed E-state index contributed by atoms with van der Waals surface area (Å²) in [4.78, 5) is 25.7. The van der Waals surface area contributed by atoms with Crippen LogP contribution in [-0.4, -0.2) is 40.0 Å². The van der Waals surface area contributed by atoms with Gasteiger partial charge in [-0.2, -0.15) is 0 Å². The zero-order valence-electron chi connectivity index (χ0n) is 14.8. The third kappa shape index (κ3) is 4.90. The molecule has 1 aliphatic rings. The molecule has 0 spiro atoms. The molecule has 2 aromatic carbocycles. The molecule has 0 bridgehead atoms. The van der Waals surface area contributed by atoms with Gasteiger partial charge in [-0.1, -0.05) is 39.7 Å². The lowest BCUT2D eigenvalue weighted by atomic mass is 9.89. The molecule has 1 aliphatic heterocycles. The zero-order chi connectivity index (χ0) is 20.3. The van der Waals surface area contributed by atoms with Crippen LogP contribution in [0.5, 0.6) is 0 Å². The third-order valence-electron chi connectivity index (χ3n) is 4.73. The van der Waals surface area contributed by atoms with E-state index in [1.165, 1.54) is 6.07 Å². The van der Waals surface area contributed by atoms with E-state index in [4.69, 9.17) is 28.9 Å². The van der Waals surface area contributed by atoms with Crippen LogP contribution in [0.3, 0.4) is 0 Å². The van der Waals surface area contributed by atoms with Gasteiger partial charge < -0.3 is 15.3 Å². The number of carbonyl (C=O) groups excluding carboxylic acids is 1. The molecule has 0 aliphatic carbocycles. The molecule has 146 valence electrons. The van der Waals surface area contributed by atoms with Crippen LogP contribution in [-0.2, 0) is 0 Å². The van der Waals surface area contributed by atoms with Gasteiger partial charge in [-0.3, -0.25) is 4.79 Å². The second kappa shape index (κ2) is 9.03. The van der Waals surface area contributed by atoms with Crippen molar-refractivity contribution in [2.45, 2.75) is 12.8 Å². The summed E-state index contributed by atoms with van der Waals surface area (Å²) in [7, 11) is 0. The molecule has 8 heteroatoms. The van der Waals surface area contributed by atoms with Crippen molar-refractivity contribution in [3.8, 4) is 0 Å². The van der Waals surface area contributed by atoms with Gasteiger partial charge in [0.15, 0.2) is 10.9 Å². The number of carboxylic acid groups (broad SMARTS) is 1. The van der Waals surface area contributed by atoms with Crippen molar-refractivity contribution in [2.24, 2.45) is 5.92 Å². The van der Waals surface area contributed by atoms with E-state index in [1.807, 2.05) is 29.2 Å². The molecular weight excluding hydrogens is 464 g/mol. The Morgan fingerprint density at radius 3 is 2.36 bits per heavy atom. The first-order valence-corrected chi connectivity index (χ1v) is 10.3. The number of aromatic carboxylic acids is 1. The number of halogens is 2. The summed E-state index contributed by atoms with van der Waals surface area (Å²) in [6.45, 7) is 1.36. The Hall–Kier alpha value is -1.96. The van der Waals surface area contributed by atoms with E-state index in [0.717, 1.165) is 22.9 Å². The third-order valence-corrected chi connectivity index (χ3v) is 5.93. The number of carboxylic acids is 1. The minimum Gasteiger partial charge on any atom is -0.478 e. The van der Waals surface area contributed by atoms with Gasteiger partial charge in [0.25, 0.3) is 0 Å². The van der Waals surface area contributed by atoms with E-state index in [9.17, 15) is 9.59 Å². The highest BCUT2D eigenvalue weighted by Crippen LogP contribution is 2.25. The van der Waals surface area contributed by atoms with Gasteiger partial charge in [-0.25, -0.2) is 4.79 Å². The monoisotopic (exact) mass is 480 g/mol. The van der Waals surface area contributed by atoms with Crippen LogP contribution >= 0.6 is 39.7 Å². The maximum Gasteiger partial charge on any atom is 0.337 e. The molecule has 0 amide bonds. The number of rotatable bonds is 4. The second-order valence-corrected chi connectivity index (χ2v) is 8.27. The Kier molecular flexibility index (Phi) is 6.69. The van der Waals surface area contributed by atoms with Gasteiger partial charge in [0.1, 0.15) is 0 Å². The molecule has 0 aromatic heterocycles. The normalized spacial score (nSPS) is 14.6. The molecule has 0 radical (unpaired) electrons. The molecule has 2 N–H and O–H groups in total. The van der Waals surface area contributed by atoms with Crippen LogP contribution in [0.15, 0.2) is 46.9 Å². The van der Waals surface area contributed by atoms with E-state index >= 15 is 0 Å².